The fourth-order valence-electron chi connectivity index (χ4n) is 1.94. The van der Waals surface area contributed by atoms with E-state index >= 15 is 0 Å². The number of nitrogens with zero attached hydrogens (tertiary/aromatic N) is 1. The van der Waals surface area contributed by atoms with E-state index in [0.717, 1.165) is 30.4 Å². The van der Waals surface area contributed by atoms with Gasteiger partial charge < -0.3 is 10.1 Å². The average Bonchev–Trinajstić information content (AvgIpc) is 2.89. The first-order valence-corrected chi connectivity index (χ1v) is 5.72. The topological polar surface area (TPSA) is 49.9 Å². The summed E-state index contributed by atoms with van der Waals surface area (Å²) in [6.07, 6.45) is 1.25. The highest BCUT2D eigenvalue weighted by molar-refractivity contribution is 6.31. The van der Waals surface area contributed by atoms with E-state index in [1.807, 2.05) is 18.2 Å². The summed E-state index contributed by atoms with van der Waals surface area (Å²) < 4.78 is 5.82. The van der Waals surface area contributed by atoms with Gasteiger partial charge in [-0.25, -0.2) is 0 Å². The van der Waals surface area contributed by atoms with Crippen LogP contribution in [-0.4, -0.2) is 29.4 Å². The van der Waals surface area contributed by atoms with Crippen LogP contribution in [-0.2, 0) is 0 Å². The molecule has 2 heterocycles. The third-order valence-electron chi connectivity index (χ3n) is 2.78. The van der Waals surface area contributed by atoms with Gasteiger partial charge in [0.2, 0.25) is 5.88 Å². The molecule has 1 saturated heterocycles. The van der Waals surface area contributed by atoms with Crippen LogP contribution < -0.4 is 10.1 Å². The highest BCUT2D eigenvalue weighted by Crippen LogP contribution is 2.26. The zero-order chi connectivity index (χ0) is 11.0. The van der Waals surface area contributed by atoms with Crippen LogP contribution in [0.2, 0.25) is 5.02 Å². The molecule has 0 bridgehead atoms. The second-order valence-electron chi connectivity index (χ2n) is 3.95. The predicted octanol–water partition coefficient (Wildman–Crippen LogP) is 1.96. The summed E-state index contributed by atoms with van der Waals surface area (Å²) in [7, 11) is 0. The maximum absolute atomic E-state index is 5.90. The summed E-state index contributed by atoms with van der Waals surface area (Å²) in [5.74, 6) is 0.667. The van der Waals surface area contributed by atoms with Crippen LogP contribution in [0.25, 0.3) is 10.9 Å². The van der Waals surface area contributed by atoms with Crippen LogP contribution >= 0.6 is 11.6 Å². The molecule has 0 spiro atoms. The molecular weight excluding hydrogens is 226 g/mol. The number of fused-ring (bicyclic) bond motifs is 1. The van der Waals surface area contributed by atoms with E-state index in [9.17, 15) is 0 Å². The predicted molar refractivity (Wildman–Crippen MR) is 63.0 cm³/mol. The number of ether oxygens (including phenoxy) is 1. The lowest BCUT2D eigenvalue weighted by Gasteiger charge is -2.09. The monoisotopic (exact) mass is 237 g/mol. The molecule has 16 heavy (non-hydrogen) atoms. The maximum Gasteiger partial charge on any atom is 0.240 e. The quantitative estimate of drug-likeness (QED) is 0.840. The van der Waals surface area contributed by atoms with Gasteiger partial charge in [0, 0.05) is 11.6 Å². The van der Waals surface area contributed by atoms with Gasteiger partial charge in [-0.15, -0.1) is 5.10 Å². The van der Waals surface area contributed by atoms with Crippen molar-refractivity contribution in [2.45, 2.75) is 12.5 Å². The molecule has 1 aliphatic heterocycles. The lowest BCUT2D eigenvalue weighted by molar-refractivity contribution is 0.216. The zero-order valence-corrected chi connectivity index (χ0v) is 9.42. The van der Waals surface area contributed by atoms with Crippen LogP contribution in [0.4, 0.5) is 0 Å². The molecule has 84 valence electrons. The number of aromatic amines is 1. The van der Waals surface area contributed by atoms with Gasteiger partial charge in [0.15, 0.2) is 0 Å². The fraction of sp³-hybridized carbons (Fsp3) is 0.364. The number of aromatic nitrogens is 2. The molecule has 2 aromatic rings. The second-order valence-corrected chi connectivity index (χ2v) is 4.39. The van der Waals surface area contributed by atoms with E-state index in [4.69, 9.17) is 16.3 Å². The average molecular weight is 238 g/mol. The zero-order valence-electron chi connectivity index (χ0n) is 8.66. The van der Waals surface area contributed by atoms with E-state index in [0.29, 0.717) is 10.9 Å². The third-order valence-corrected chi connectivity index (χ3v) is 3.02. The van der Waals surface area contributed by atoms with E-state index in [-0.39, 0.29) is 6.10 Å². The summed E-state index contributed by atoms with van der Waals surface area (Å²) in [4.78, 5) is 0. The smallest absolute Gasteiger partial charge is 0.240 e. The Morgan fingerprint density at radius 2 is 2.38 bits per heavy atom. The van der Waals surface area contributed by atoms with Crippen LogP contribution in [0.3, 0.4) is 0 Å². The molecule has 0 saturated carbocycles. The normalized spacial score (nSPS) is 20.4. The Bertz CT molecular complexity index is 505. The van der Waals surface area contributed by atoms with Crippen molar-refractivity contribution in [2.24, 2.45) is 0 Å². The van der Waals surface area contributed by atoms with Gasteiger partial charge >= 0.3 is 0 Å². The number of halogens is 1. The Labute approximate surface area is 97.9 Å². The minimum absolute atomic E-state index is 0.224. The number of hydrogen-bond donors (Lipinski definition) is 2. The summed E-state index contributed by atoms with van der Waals surface area (Å²) in [5, 5.41) is 12.0. The molecule has 2 N–H and O–H groups in total. The lowest BCUT2D eigenvalue weighted by atomic mass is 10.2. The van der Waals surface area contributed by atoms with E-state index < -0.39 is 0 Å². The largest absolute Gasteiger partial charge is 0.471 e. The maximum atomic E-state index is 5.90. The number of rotatable bonds is 2. The lowest BCUT2D eigenvalue weighted by Crippen LogP contribution is -2.19. The molecule has 1 aromatic heterocycles. The van der Waals surface area contributed by atoms with E-state index in [2.05, 4.69) is 15.5 Å². The first kappa shape index (κ1) is 9.93. The molecule has 5 heteroatoms. The molecule has 1 unspecified atom stereocenters. The van der Waals surface area contributed by atoms with Crippen molar-refractivity contribution in [2.75, 3.05) is 13.1 Å². The van der Waals surface area contributed by atoms with Crippen molar-refractivity contribution in [3.05, 3.63) is 23.2 Å². The van der Waals surface area contributed by atoms with Crippen molar-refractivity contribution >= 4 is 22.5 Å². The Morgan fingerprint density at radius 1 is 1.44 bits per heavy atom. The summed E-state index contributed by atoms with van der Waals surface area (Å²) >= 11 is 5.90. The minimum Gasteiger partial charge on any atom is -0.471 e. The Balaban J connectivity index is 1.91. The van der Waals surface area contributed by atoms with Gasteiger partial charge in [0.05, 0.1) is 10.9 Å². The Hall–Kier alpha value is -1.26. The van der Waals surface area contributed by atoms with Crippen LogP contribution in [0.5, 0.6) is 5.88 Å². The van der Waals surface area contributed by atoms with Crippen molar-refractivity contribution in [1.29, 1.82) is 0 Å². The minimum atomic E-state index is 0.224. The van der Waals surface area contributed by atoms with Gasteiger partial charge in [-0.3, -0.25) is 5.10 Å². The number of benzene rings is 1. The first-order valence-electron chi connectivity index (χ1n) is 5.34. The molecular formula is C11H12ClN3O. The molecule has 1 fully saturated rings. The van der Waals surface area contributed by atoms with Gasteiger partial charge in [0.25, 0.3) is 0 Å². The van der Waals surface area contributed by atoms with Crippen LogP contribution in [0.15, 0.2) is 18.2 Å². The highest BCUT2D eigenvalue weighted by Gasteiger charge is 2.18. The molecule has 3 rings (SSSR count). The molecule has 1 aliphatic rings. The second kappa shape index (κ2) is 3.96. The van der Waals surface area contributed by atoms with Crippen molar-refractivity contribution in [1.82, 2.24) is 15.5 Å². The van der Waals surface area contributed by atoms with Crippen molar-refractivity contribution in [3.8, 4) is 5.88 Å². The summed E-state index contributed by atoms with van der Waals surface area (Å²) in [5.41, 5.74) is 0.911. The summed E-state index contributed by atoms with van der Waals surface area (Å²) in [6, 6.07) is 5.63. The molecule has 1 atom stereocenters. The van der Waals surface area contributed by atoms with Crippen molar-refractivity contribution in [3.63, 3.8) is 0 Å². The molecule has 1 aromatic carbocycles. The van der Waals surface area contributed by atoms with Crippen molar-refractivity contribution < 1.29 is 4.74 Å². The molecule has 0 amide bonds. The fourth-order valence-corrected chi connectivity index (χ4v) is 2.12. The standard InChI is InChI=1S/C11H12ClN3O/c12-7-1-2-9-10(5-7)14-15-11(9)16-8-3-4-13-6-8/h1-2,5,8,13H,3-4,6H2,(H,14,15). The first-order chi connectivity index (χ1) is 7.83. The van der Waals surface area contributed by atoms with Gasteiger partial charge in [0.1, 0.15) is 6.10 Å². The Morgan fingerprint density at radius 3 is 3.19 bits per heavy atom. The third kappa shape index (κ3) is 1.74. The van der Waals surface area contributed by atoms with Gasteiger partial charge in [-0.1, -0.05) is 11.6 Å². The summed E-state index contributed by atoms with van der Waals surface area (Å²) in [6.45, 7) is 1.90. The van der Waals surface area contributed by atoms with Crippen LogP contribution in [0.1, 0.15) is 6.42 Å². The number of hydrogen-bond acceptors (Lipinski definition) is 3. The van der Waals surface area contributed by atoms with Gasteiger partial charge in [-0.2, -0.15) is 0 Å². The number of H-pyrrole nitrogens is 1. The Kier molecular flexibility index (Phi) is 2.46. The molecule has 0 radical (unpaired) electrons. The van der Waals surface area contributed by atoms with Gasteiger partial charge in [-0.05, 0) is 31.2 Å². The SMILES string of the molecule is Clc1ccc2c(OC3CCNC3)n[nH]c2c1. The number of nitrogens with one attached hydrogen (secondary N) is 2. The van der Waals surface area contributed by atoms with Crippen LogP contribution in [0, 0.1) is 0 Å². The van der Waals surface area contributed by atoms with E-state index in [1.54, 1.807) is 0 Å². The molecule has 0 aliphatic carbocycles. The highest BCUT2D eigenvalue weighted by atomic mass is 35.5. The molecule has 4 nitrogen and oxygen atoms in total. The van der Waals surface area contributed by atoms with E-state index in [1.165, 1.54) is 0 Å².